The minimum atomic E-state index is -4.98. The van der Waals surface area contributed by atoms with Crippen molar-refractivity contribution in [3.05, 3.63) is 83.7 Å². The summed E-state index contributed by atoms with van der Waals surface area (Å²) in [5.74, 6) is -1.05. The Labute approximate surface area is 195 Å². The van der Waals surface area contributed by atoms with Crippen LogP contribution in [0.1, 0.15) is 27.2 Å². The van der Waals surface area contributed by atoms with Crippen LogP contribution in [0.4, 0.5) is 24.5 Å². The average Bonchev–Trinajstić information content (AvgIpc) is 3.51. The van der Waals surface area contributed by atoms with Gasteiger partial charge in [0.2, 0.25) is 0 Å². The summed E-state index contributed by atoms with van der Waals surface area (Å²) in [5.41, 5.74) is 9.53. The molecule has 3 heterocycles. The topological polar surface area (TPSA) is 166 Å². The quantitative estimate of drug-likeness (QED) is 0.366. The van der Waals surface area contributed by atoms with E-state index in [1.807, 2.05) is 6.07 Å². The third kappa shape index (κ3) is 4.37. The first-order valence-corrected chi connectivity index (χ1v) is 9.75. The molecule has 1 aromatic carbocycles. The number of nitrogen functional groups attached to an aromatic ring is 1. The van der Waals surface area contributed by atoms with Crippen LogP contribution in [-0.4, -0.2) is 35.7 Å². The van der Waals surface area contributed by atoms with Gasteiger partial charge >= 0.3 is 6.18 Å². The molecule has 14 heteroatoms. The summed E-state index contributed by atoms with van der Waals surface area (Å²) in [5, 5.41) is 23.2. The standard InChI is InChI=1S/C21H15F3N10O/c22-21(23,24)18-15(11-31-33(18)17(9-26)14-3-1-2-4-16(14)27)20(35)32-13-7-12(8-25)19(28-10-13)34-29-5-6-30-34/h1-7,9-11H,26-27H2,(H,32,35)/b17-9+. The van der Waals surface area contributed by atoms with Crippen molar-refractivity contribution in [3.63, 3.8) is 0 Å². The van der Waals surface area contributed by atoms with Gasteiger partial charge in [-0.05, 0) is 12.1 Å². The van der Waals surface area contributed by atoms with Crippen molar-refractivity contribution in [2.45, 2.75) is 6.18 Å². The van der Waals surface area contributed by atoms with Crippen molar-refractivity contribution >= 4 is 23.0 Å². The number of rotatable bonds is 5. The summed E-state index contributed by atoms with van der Waals surface area (Å²) in [4.78, 5) is 18.0. The molecule has 0 radical (unpaired) electrons. The molecule has 0 aliphatic heterocycles. The lowest BCUT2D eigenvalue weighted by Crippen LogP contribution is -2.22. The molecule has 3 aromatic heterocycles. The van der Waals surface area contributed by atoms with Gasteiger partial charge in [0.25, 0.3) is 5.91 Å². The van der Waals surface area contributed by atoms with Crippen molar-refractivity contribution in [1.29, 1.82) is 5.26 Å². The highest BCUT2D eigenvalue weighted by molar-refractivity contribution is 6.05. The fourth-order valence-corrected chi connectivity index (χ4v) is 3.27. The van der Waals surface area contributed by atoms with Crippen LogP contribution in [0.15, 0.2) is 61.3 Å². The van der Waals surface area contributed by atoms with Crippen LogP contribution in [0.5, 0.6) is 0 Å². The number of hydrogen-bond acceptors (Lipinski definition) is 8. The van der Waals surface area contributed by atoms with Crippen molar-refractivity contribution in [2.24, 2.45) is 5.73 Å². The molecular weight excluding hydrogens is 465 g/mol. The van der Waals surface area contributed by atoms with E-state index in [1.54, 1.807) is 12.1 Å². The van der Waals surface area contributed by atoms with Crippen molar-refractivity contribution in [1.82, 2.24) is 29.8 Å². The van der Waals surface area contributed by atoms with Gasteiger partial charge < -0.3 is 16.8 Å². The zero-order chi connectivity index (χ0) is 25.2. The predicted octanol–water partition coefficient (Wildman–Crippen LogP) is 2.39. The second kappa shape index (κ2) is 8.98. The number of nitrogens with two attached hydrogens (primary N) is 2. The summed E-state index contributed by atoms with van der Waals surface area (Å²) >= 11 is 0. The third-order valence-electron chi connectivity index (χ3n) is 4.76. The van der Waals surface area contributed by atoms with E-state index < -0.39 is 23.3 Å². The maximum atomic E-state index is 14.1. The summed E-state index contributed by atoms with van der Waals surface area (Å²) in [6, 6.07) is 9.26. The number of benzene rings is 1. The van der Waals surface area contributed by atoms with E-state index in [2.05, 4.69) is 25.6 Å². The first-order chi connectivity index (χ1) is 16.7. The van der Waals surface area contributed by atoms with Crippen LogP contribution >= 0.6 is 0 Å². The molecule has 11 nitrogen and oxygen atoms in total. The van der Waals surface area contributed by atoms with E-state index in [9.17, 15) is 23.2 Å². The average molecular weight is 480 g/mol. The molecule has 4 aromatic rings. The Bertz CT molecular complexity index is 1470. The fourth-order valence-electron chi connectivity index (χ4n) is 3.27. The molecule has 4 rings (SSSR count). The maximum absolute atomic E-state index is 14.1. The Hall–Kier alpha value is -5.19. The summed E-state index contributed by atoms with van der Waals surface area (Å²) in [6.45, 7) is 0. The Balaban J connectivity index is 1.72. The first kappa shape index (κ1) is 23.0. The molecule has 1 amide bonds. The Morgan fingerprint density at radius 2 is 1.83 bits per heavy atom. The molecule has 35 heavy (non-hydrogen) atoms. The number of amides is 1. The number of para-hydroxylation sites is 1. The number of hydrogen-bond donors (Lipinski definition) is 3. The number of nitrogens with one attached hydrogen (secondary N) is 1. The fraction of sp³-hybridized carbons (Fsp3) is 0.0476. The van der Waals surface area contributed by atoms with Gasteiger partial charge in [-0.1, -0.05) is 18.2 Å². The molecule has 0 aliphatic rings. The number of alkyl halides is 3. The second-order valence-electron chi connectivity index (χ2n) is 6.94. The molecule has 0 aliphatic carbocycles. The van der Waals surface area contributed by atoms with E-state index >= 15 is 0 Å². The highest BCUT2D eigenvalue weighted by Gasteiger charge is 2.41. The van der Waals surface area contributed by atoms with Gasteiger partial charge in [0.1, 0.15) is 11.6 Å². The minimum Gasteiger partial charge on any atom is -0.403 e. The highest BCUT2D eigenvalue weighted by Crippen LogP contribution is 2.36. The van der Waals surface area contributed by atoms with Gasteiger partial charge in [0.05, 0.1) is 41.7 Å². The van der Waals surface area contributed by atoms with E-state index in [1.165, 1.54) is 30.6 Å². The van der Waals surface area contributed by atoms with Crippen LogP contribution in [-0.2, 0) is 6.18 Å². The van der Waals surface area contributed by atoms with Gasteiger partial charge in [-0.2, -0.15) is 33.7 Å². The zero-order valence-electron chi connectivity index (χ0n) is 17.6. The van der Waals surface area contributed by atoms with Gasteiger partial charge in [-0.25, -0.2) is 9.67 Å². The maximum Gasteiger partial charge on any atom is 0.434 e. The molecule has 0 atom stereocenters. The van der Waals surface area contributed by atoms with Crippen LogP contribution in [0.25, 0.3) is 11.5 Å². The smallest absolute Gasteiger partial charge is 0.403 e. The monoisotopic (exact) mass is 480 g/mol. The second-order valence-corrected chi connectivity index (χ2v) is 6.94. The van der Waals surface area contributed by atoms with Gasteiger partial charge in [-0.15, -0.1) is 4.80 Å². The lowest BCUT2D eigenvalue weighted by molar-refractivity contribution is -0.142. The number of carbonyl (C=O) groups excluding carboxylic acids is 1. The molecule has 176 valence electrons. The molecule has 0 saturated heterocycles. The molecular formula is C21H15F3N10O. The molecule has 5 N–H and O–H groups in total. The Morgan fingerprint density at radius 1 is 1.11 bits per heavy atom. The third-order valence-corrected chi connectivity index (χ3v) is 4.76. The van der Waals surface area contributed by atoms with Gasteiger partial charge in [0, 0.05) is 17.5 Å². The molecule has 0 saturated carbocycles. The Morgan fingerprint density at radius 3 is 2.46 bits per heavy atom. The first-order valence-electron chi connectivity index (χ1n) is 9.75. The lowest BCUT2D eigenvalue weighted by Gasteiger charge is -2.16. The van der Waals surface area contributed by atoms with E-state index in [-0.39, 0.29) is 34.0 Å². The van der Waals surface area contributed by atoms with E-state index in [0.717, 1.165) is 23.4 Å². The van der Waals surface area contributed by atoms with Crippen LogP contribution in [0, 0.1) is 11.3 Å². The number of pyridine rings is 1. The molecule has 0 unspecified atom stereocenters. The van der Waals surface area contributed by atoms with Crippen LogP contribution in [0.2, 0.25) is 0 Å². The molecule has 0 spiro atoms. The summed E-state index contributed by atoms with van der Waals surface area (Å²) < 4.78 is 42.7. The SMILES string of the molecule is N#Cc1cc(NC(=O)c2cnn(/C(=C/N)c3ccccc3N)c2C(F)(F)F)cnc1-n1nccn1. The zero-order valence-corrected chi connectivity index (χ0v) is 17.6. The van der Waals surface area contributed by atoms with E-state index in [0.29, 0.717) is 4.68 Å². The van der Waals surface area contributed by atoms with Crippen molar-refractivity contribution in [3.8, 4) is 11.9 Å². The normalized spacial score (nSPS) is 11.8. The van der Waals surface area contributed by atoms with Gasteiger partial charge in [0.15, 0.2) is 11.5 Å². The number of aromatic nitrogens is 6. The Kier molecular flexibility index (Phi) is 5.90. The molecule has 0 fully saturated rings. The largest absolute Gasteiger partial charge is 0.434 e. The number of carbonyl (C=O) groups is 1. The predicted molar refractivity (Wildman–Crippen MR) is 117 cm³/mol. The van der Waals surface area contributed by atoms with Crippen LogP contribution < -0.4 is 16.8 Å². The van der Waals surface area contributed by atoms with Gasteiger partial charge in [-0.3, -0.25) is 4.79 Å². The number of halogens is 3. The molecule has 0 bridgehead atoms. The van der Waals surface area contributed by atoms with Crippen molar-refractivity contribution < 1.29 is 18.0 Å². The summed E-state index contributed by atoms with van der Waals surface area (Å²) in [6.07, 6.45) is 0.615. The summed E-state index contributed by atoms with van der Waals surface area (Å²) in [7, 11) is 0. The lowest BCUT2D eigenvalue weighted by atomic mass is 10.1. The number of anilines is 2. The minimum absolute atomic E-state index is 0.0151. The number of nitriles is 1. The van der Waals surface area contributed by atoms with E-state index in [4.69, 9.17) is 11.5 Å². The van der Waals surface area contributed by atoms with Crippen LogP contribution in [0.3, 0.4) is 0 Å². The number of nitrogens with zero attached hydrogens (tertiary/aromatic N) is 7. The highest BCUT2D eigenvalue weighted by atomic mass is 19.4. The van der Waals surface area contributed by atoms with Crippen molar-refractivity contribution in [2.75, 3.05) is 11.1 Å².